The Hall–Kier alpha value is -2.72. The third kappa shape index (κ3) is 3.20. The van der Waals surface area contributed by atoms with Gasteiger partial charge in [0.2, 0.25) is 5.95 Å². The maximum atomic E-state index is 12.5. The Bertz CT molecular complexity index is 1090. The van der Waals surface area contributed by atoms with Gasteiger partial charge < -0.3 is 9.67 Å². The first-order chi connectivity index (χ1) is 12.4. The van der Waals surface area contributed by atoms with Crippen LogP contribution in [-0.2, 0) is 20.6 Å². The van der Waals surface area contributed by atoms with Crippen molar-refractivity contribution in [3.63, 3.8) is 0 Å². The van der Waals surface area contributed by atoms with Gasteiger partial charge >= 0.3 is 5.69 Å². The summed E-state index contributed by atoms with van der Waals surface area (Å²) in [4.78, 5) is 28.9. The fourth-order valence-corrected chi connectivity index (χ4v) is 2.83. The minimum Gasteiger partial charge on any atom is -0.395 e. The summed E-state index contributed by atoms with van der Waals surface area (Å²) >= 11 is 3.37. The molecule has 0 saturated carbocycles. The lowest BCUT2D eigenvalue weighted by atomic mass is 10.2. The van der Waals surface area contributed by atoms with Crippen molar-refractivity contribution in [1.29, 1.82) is 0 Å². The van der Waals surface area contributed by atoms with Crippen LogP contribution in [-0.4, -0.2) is 36.6 Å². The number of rotatable bonds is 5. The average molecular weight is 421 g/mol. The highest BCUT2D eigenvalue weighted by Crippen LogP contribution is 2.15. The van der Waals surface area contributed by atoms with E-state index in [4.69, 9.17) is 0 Å². The molecular weight excluding hydrogens is 404 g/mol. The Kier molecular flexibility index (Phi) is 5.05. The third-order valence-corrected chi connectivity index (χ3v) is 4.45. The molecule has 9 nitrogen and oxygen atoms in total. The molecule has 0 bridgehead atoms. The van der Waals surface area contributed by atoms with E-state index in [1.165, 1.54) is 23.2 Å². The number of hydrogen-bond donors (Lipinski definition) is 2. The number of aromatic nitrogens is 4. The van der Waals surface area contributed by atoms with Gasteiger partial charge in [0, 0.05) is 25.1 Å². The van der Waals surface area contributed by atoms with Crippen LogP contribution in [0, 0.1) is 0 Å². The predicted octanol–water partition coefficient (Wildman–Crippen LogP) is 0.634. The van der Waals surface area contributed by atoms with Crippen molar-refractivity contribution in [3.8, 4) is 0 Å². The Balaban J connectivity index is 2.05. The lowest BCUT2D eigenvalue weighted by molar-refractivity contribution is 0.278. The fourth-order valence-electron chi connectivity index (χ4n) is 2.56. The summed E-state index contributed by atoms with van der Waals surface area (Å²) in [5.74, 6) is 0.265. The summed E-state index contributed by atoms with van der Waals surface area (Å²) in [6.07, 6.45) is 1.60. The van der Waals surface area contributed by atoms with Crippen LogP contribution in [0.3, 0.4) is 0 Å². The van der Waals surface area contributed by atoms with Crippen LogP contribution in [0.15, 0.2) is 43.4 Å². The first kappa shape index (κ1) is 18.1. The SMILES string of the molecule is Cn1c(=O)c2c(nc(NN=Cc3ccc(Br)cc3)n2CCO)n(C)c1=O. The molecule has 2 N–H and O–H groups in total. The fraction of sp³-hybridized carbons (Fsp3) is 0.250. The quantitative estimate of drug-likeness (QED) is 0.465. The molecular formula is C16H17BrN6O3. The number of benzene rings is 1. The molecule has 0 aliphatic heterocycles. The Morgan fingerprint density at radius 1 is 1.23 bits per heavy atom. The van der Waals surface area contributed by atoms with Crippen molar-refractivity contribution >= 4 is 39.3 Å². The molecule has 2 heterocycles. The van der Waals surface area contributed by atoms with Crippen molar-refractivity contribution in [3.05, 3.63) is 55.1 Å². The number of anilines is 1. The van der Waals surface area contributed by atoms with Gasteiger partial charge in [-0.2, -0.15) is 10.1 Å². The van der Waals surface area contributed by atoms with Crippen molar-refractivity contribution in [2.24, 2.45) is 19.2 Å². The first-order valence-corrected chi connectivity index (χ1v) is 8.55. The van der Waals surface area contributed by atoms with Crippen molar-refractivity contribution in [2.45, 2.75) is 6.54 Å². The number of aryl methyl sites for hydroxylation is 1. The van der Waals surface area contributed by atoms with Crippen molar-refractivity contribution < 1.29 is 5.11 Å². The number of hydrogen-bond acceptors (Lipinski definition) is 6. The molecule has 3 aromatic rings. The van der Waals surface area contributed by atoms with E-state index in [-0.39, 0.29) is 30.3 Å². The molecule has 0 atom stereocenters. The number of aliphatic hydroxyl groups is 1. The molecule has 10 heteroatoms. The summed E-state index contributed by atoms with van der Waals surface area (Å²) in [6.45, 7) is -0.0529. The normalized spacial score (nSPS) is 11.5. The lowest BCUT2D eigenvalue weighted by Crippen LogP contribution is -2.37. The van der Waals surface area contributed by atoms with Crippen LogP contribution in [0.4, 0.5) is 5.95 Å². The zero-order valence-corrected chi connectivity index (χ0v) is 15.8. The largest absolute Gasteiger partial charge is 0.395 e. The van der Waals surface area contributed by atoms with Crippen LogP contribution >= 0.6 is 15.9 Å². The summed E-state index contributed by atoms with van der Waals surface area (Å²) in [5, 5.41) is 13.5. The highest BCUT2D eigenvalue weighted by atomic mass is 79.9. The third-order valence-electron chi connectivity index (χ3n) is 3.92. The predicted molar refractivity (Wildman–Crippen MR) is 103 cm³/mol. The molecule has 2 aromatic heterocycles. The average Bonchev–Trinajstić information content (AvgIpc) is 2.99. The number of halogens is 1. The van der Waals surface area contributed by atoms with E-state index in [1.54, 1.807) is 6.21 Å². The molecule has 0 radical (unpaired) electrons. The van der Waals surface area contributed by atoms with E-state index < -0.39 is 11.2 Å². The van der Waals surface area contributed by atoms with Crippen molar-refractivity contribution in [2.75, 3.05) is 12.0 Å². The molecule has 3 rings (SSSR count). The van der Waals surface area contributed by atoms with Gasteiger partial charge in [-0.3, -0.25) is 13.9 Å². The standard InChI is InChI=1S/C16H17BrN6O3/c1-21-13-12(14(25)22(2)16(21)26)23(7-8-24)15(19-13)20-18-9-10-3-5-11(17)6-4-10/h3-6,9,24H,7-8H2,1-2H3,(H,19,20). The topological polar surface area (TPSA) is 106 Å². The molecule has 0 spiro atoms. The molecule has 0 amide bonds. The van der Waals surface area contributed by atoms with Gasteiger partial charge in [0.1, 0.15) is 0 Å². The summed E-state index contributed by atoms with van der Waals surface area (Å²) in [6, 6.07) is 7.54. The molecule has 1 aromatic carbocycles. The van der Waals surface area contributed by atoms with E-state index in [2.05, 4.69) is 31.4 Å². The number of nitrogens with one attached hydrogen (secondary N) is 1. The molecule has 0 fully saturated rings. The second-order valence-electron chi connectivity index (χ2n) is 5.61. The highest BCUT2D eigenvalue weighted by molar-refractivity contribution is 9.10. The molecule has 136 valence electrons. The monoisotopic (exact) mass is 420 g/mol. The number of aliphatic hydroxyl groups excluding tert-OH is 1. The van der Waals surface area contributed by atoms with Crippen LogP contribution in [0.5, 0.6) is 0 Å². The molecule has 26 heavy (non-hydrogen) atoms. The number of nitrogens with zero attached hydrogens (tertiary/aromatic N) is 5. The second kappa shape index (κ2) is 7.26. The minimum atomic E-state index is -0.478. The number of fused-ring (bicyclic) bond motifs is 1. The molecule has 0 saturated heterocycles. The van der Waals surface area contributed by atoms with Crippen LogP contribution in [0.25, 0.3) is 11.2 Å². The molecule has 0 unspecified atom stereocenters. The van der Waals surface area contributed by atoms with E-state index >= 15 is 0 Å². The van der Waals surface area contributed by atoms with Gasteiger partial charge in [0.25, 0.3) is 5.56 Å². The van der Waals surface area contributed by atoms with E-state index in [0.717, 1.165) is 14.6 Å². The Labute approximate surface area is 156 Å². The maximum Gasteiger partial charge on any atom is 0.332 e. The Morgan fingerprint density at radius 3 is 2.58 bits per heavy atom. The van der Waals surface area contributed by atoms with Gasteiger partial charge in [0.05, 0.1) is 12.8 Å². The van der Waals surface area contributed by atoms with E-state index in [1.807, 2.05) is 24.3 Å². The van der Waals surface area contributed by atoms with E-state index in [0.29, 0.717) is 0 Å². The number of imidazole rings is 1. The zero-order chi connectivity index (χ0) is 18.8. The molecule has 0 aliphatic carbocycles. The Morgan fingerprint density at radius 2 is 1.92 bits per heavy atom. The van der Waals surface area contributed by atoms with Crippen LogP contribution < -0.4 is 16.7 Å². The first-order valence-electron chi connectivity index (χ1n) is 7.75. The summed E-state index contributed by atoms with van der Waals surface area (Å²) < 4.78 is 4.76. The smallest absolute Gasteiger partial charge is 0.332 e. The van der Waals surface area contributed by atoms with Gasteiger partial charge in [-0.05, 0) is 17.7 Å². The summed E-state index contributed by atoms with van der Waals surface area (Å²) in [7, 11) is 2.94. The zero-order valence-electron chi connectivity index (χ0n) is 14.2. The maximum absolute atomic E-state index is 12.5. The molecule has 0 aliphatic rings. The highest BCUT2D eigenvalue weighted by Gasteiger charge is 2.18. The van der Waals surface area contributed by atoms with Gasteiger partial charge in [-0.25, -0.2) is 10.2 Å². The minimum absolute atomic E-state index is 0.139. The van der Waals surface area contributed by atoms with Crippen LogP contribution in [0.2, 0.25) is 0 Å². The number of hydrazone groups is 1. The van der Waals surface area contributed by atoms with Gasteiger partial charge in [-0.1, -0.05) is 28.1 Å². The van der Waals surface area contributed by atoms with Gasteiger partial charge in [-0.15, -0.1) is 0 Å². The van der Waals surface area contributed by atoms with Gasteiger partial charge in [0.15, 0.2) is 11.2 Å². The van der Waals surface area contributed by atoms with Crippen LogP contribution in [0.1, 0.15) is 5.56 Å². The summed E-state index contributed by atoms with van der Waals surface area (Å²) in [5.41, 5.74) is 3.16. The van der Waals surface area contributed by atoms with E-state index in [9.17, 15) is 14.7 Å². The lowest BCUT2D eigenvalue weighted by Gasteiger charge is -2.07. The second-order valence-corrected chi connectivity index (χ2v) is 6.53. The van der Waals surface area contributed by atoms with Crippen molar-refractivity contribution in [1.82, 2.24) is 18.7 Å².